The molecule has 8 heteroatoms. The molecule has 0 aliphatic heterocycles. The summed E-state index contributed by atoms with van der Waals surface area (Å²) in [6.07, 6.45) is 1.44. The molecule has 2 aromatic heterocycles. The van der Waals surface area contributed by atoms with E-state index in [1.54, 1.807) is 27.7 Å². The van der Waals surface area contributed by atoms with Crippen LogP contribution in [-0.2, 0) is 9.53 Å². The van der Waals surface area contributed by atoms with Crippen molar-refractivity contribution in [1.82, 2.24) is 9.55 Å². The number of hydrogen-bond donors (Lipinski definition) is 1. The van der Waals surface area contributed by atoms with Gasteiger partial charge in [0.2, 0.25) is 0 Å². The molecule has 1 amide bonds. The molecule has 1 unspecified atom stereocenters. The Morgan fingerprint density at radius 3 is 2.61 bits per heavy atom. The number of fused-ring (bicyclic) bond motifs is 1. The zero-order chi connectivity index (χ0) is 17.3. The number of amides is 1. The van der Waals surface area contributed by atoms with Gasteiger partial charge in [-0.1, -0.05) is 6.92 Å². The van der Waals surface area contributed by atoms with Crippen molar-refractivity contribution in [3.05, 3.63) is 27.1 Å². The third-order valence-corrected chi connectivity index (χ3v) is 4.66. The second-order valence-corrected chi connectivity index (χ2v) is 6.47. The van der Waals surface area contributed by atoms with Gasteiger partial charge < -0.3 is 10.5 Å². The van der Waals surface area contributed by atoms with E-state index in [9.17, 15) is 14.4 Å². The molecule has 0 aromatic carbocycles. The molecule has 0 aliphatic rings. The van der Waals surface area contributed by atoms with Gasteiger partial charge >= 0.3 is 5.97 Å². The van der Waals surface area contributed by atoms with Crippen LogP contribution in [0, 0.1) is 6.92 Å². The summed E-state index contributed by atoms with van der Waals surface area (Å²) in [6.45, 7) is 6.94. The first-order chi connectivity index (χ1) is 10.8. The van der Waals surface area contributed by atoms with E-state index in [1.165, 1.54) is 10.9 Å². The lowest BCUT2D eigenvalue weighted by atomic mass is 10.2. The van der Waals surface area contributed by atoms with E-state index in [0.717, 1.165) is 11.3 Å². The van der Waals surface area contributed by atoms with Crippen molar-refractivity contribution in [2.24, 2.45) is 5.73 Å². The van der Waals surface area contributed by atoms with Crippen LogP contribution < -0.4 is 11.3 Å². The Labute approximate surface area is 137 Å². The average Bonchev–Trinajstić information content (AvgIpc) is 2.79. The largest absolute Gasteiger partial charge is 0.461 e. The summed E-state index contributed by atoms with van der Waals surface area (Å²) in [5.41, 5.74) is 5.44. The van der Waals surface area contributed by atoms with Gasteiger partial charge in [0, 0.05) is 0 Å². The summed E-state index contributed by atoms with van der Waals surface area (Å²) in [4.78, 5) is 41.3. The zero-order valence-electron chi connectivity index (χ0n) is 13.5. The summed E-state index contributed by atoms with van der Waals surface area (Å²) in [5.74, 6) is -1.07. The molecule has 2 N–H and O–H groups in total. The first-order valence-corrected chi connectivity index (χ1v) is 8.10. The van der Waals surface area contributed by atoms with Crippen LogP contribution in [0.1, 0.15) is 48.5 Å². The average molecular weight is 337 g/mol. The molecular formula is C15H19N3O4S. The Morgan fingerprint density at radius 1 is 1.43 bits per heavy atom. The third-order valence-electron chi connectivity index (χ3n) is 3.45. The highest BCUT2D eigenvalue weighted by Gasteiger charge is 2.25. The maximum absolute atomic E-state index is 12.7. The van der Waals surface area contributed by atoms with Crippen molar-refractivity contribution in [2.75, 3.05) is 0 Å². The molecule has 0 bridgehead atoms. The van der Waals surface area contributed by atoms with E-state index < -0.39 is 17.9 Å². The van der Waals surface area contributed by atoms with Crippen molar-refractivity contribution in [3.8, 4) is 0 Å². The van der Waals surface area contributed by atoms with Crippen LogP contribution in [0.4, 0.5) is 0 Å². The number of nitrogens with zero attached hydrogens (tertiary/aromatic N) is 2. The minimum atomic E-state index is -0.752. The van der Waals surface area contributed by atoms with Crippen LogP contribution in [0.5, 0.6) is 0 Å². The number of aromatic nitrogens is 2. The molecule has 23 heavy (non-hydrogen) atoms. The summed E-state index contributed by atoms with van der Waals surface area (Å²) < 4.78 is 6.46. The summed E-state index contributed by atoms with van der Waals surface area (Å²) >= 11 is 1.08. The molecule has 124 valence electrons. The number of primary amides is 1. The predicted octanol–water partition coefficient (Wildman–Crippen LogP) is 1.77. The Balaban J connectivity index is 2.60. The minimum Gasteiger partial charge on any atom is -0.461 e. The van der Waals surface area contributed by atoms with Gasteiger partial charge in [0.25, 0.3) is 11.5 Å². The minimum absolute atomic E-state index is 0.270. The number of hydrogen-bond acceptors (Lipinski definition) is 6. The standard InChI is InChI=1S/C15H19N3O4S/c1-5-9(15(21)22-7(2)3)18-6-17-13-10(14(18)20)8(4)11(23-13)12(16)19/h6-7,9H,5H2,1-4H3,(H2,16,19). The van der Waals surface area contributed by atoms with Gasteiger partial charge in [0.05, 0.1) is 22.7 Å². The molecule has 2 aromatic rings. The smallest absolute Gasteiger partial charge is 0.329 e. The number of rotatable bonds is 5. The number of thiophene rings is 1. The van der Waals surface area contributed by atoms with Crippen molar-refractivity contribution in [3.63, 3.8) is 0 Å². The van der Waals surface area contributed by atoms with Gasteiger partial charge in [-0.05, 0) is 32.8 Å². The maximum atomic E-state index is 12.7. The number of esters is 1. The van der Waals surface area contributed by atoms with Crippen LogP contribution in [0.15, 0.2) is 11.1 Å². The Kier molecular flexibility index (Phi) is 4.84. The summed E-state index contributed by atoms with van der Waals surface area (Å²) in [7, 11) is 0. The van der Waals surface area contributed by atoms with E-state index in [1.807, 2.05) is 0 Å². The molecule has 2 rings (SSSR count). The van der Waals surface area contributed by atoms with Gasteiger partial charge in [0.15, 0.2) is 0 Å². The molecule has 1 atom stereocenters. The van der Waals surface area contributed by atoms with Gasteiger partial charge in [-0.2, -0.15) is 0 Å². The van der Waals surface area contributed by atoms with Crippen LogP contribution in [0.2, 0.25) is 0 Å². The molecule has 0 saturated heterocycles. The van der Waals surface area contributed by atoms with E-state index >= 15 is 0 Å². The molecule has 0 saturated carbocycles. The second-order valence-electron chi connectivity index (χ2n) is 5.47. The van der Waals surface area contributed by atoms with E-state index in [-0.39, 0.29) is 11.7 Å². The SMILES string of the molecule is CCC(C(=O)OC(C)C)n1cnc2sc(C(N)=O)c(C)c2c1=O. The fraction of sp³-hybridized carbons (Fsp3) is 0.467. The van der Waals surface area contributed by atoms with Crippen molar-refractivity contribution >= 4 is 33.4 Å². The van der Waals surface area contributed by atoms with Gasteiger partial charge in [0.1, 0.15) is 10.9 Å². The van der Waals surface area contributed by atoms with E-state index in [4.69, 9.17) is 10.5 Å². The Morgan fingerprint density at radius 2 is 2.09 bits per heavy atom. The molecule has 7 nitrogen and oxygen atoms in total. The Hall–Kier alpha value is -2.22. The lowest BCUT2D eigenvalue weighted by Gasteiger charge is -2.18. The molecule has 0 spiro atoms. The van der Waals surface area contributed by atoms with Crippen LogP contribution in [0.3, 0.4) is 0 Å². The quantitative estimate of drug-likeness (QED) is 0.837. The van der Waals surface area contributed by atoms with E-state index in [0.29, 0.717) is 27.1 Å². The molecule has 0 aliphatic carbocycles. The second kappa shape index (κ2) is 6.49. The first kappa shape index (κ1) is 17.1. The van der Waals surface area contributed by atoms with E-state index in [2.05, 4.69) is 4.98 Å². The monoisotopic (exact) mass is 337 g/mol. The van der Waals surface area contributed by atoms with Gasteiger partial charge in [-0.25, -0.2) is 9.78 Å². The number of aryl methyl sites for hydroxylation is 1. The van der Waals surface area contributed by atoms with Crippen LogP contribution in [0.25, 0.3) is 10.2 Å². The fourth-order valence-corrected chi connectivity index (χ4v) is 3.37. The van der Waals surface area contributed by atoms with Crippen molar-refractivity contribution < 1.29 is 14.3 Å². The highest BCUT2D eigenvalue weighted by molar-refractivity contribution is 7.20. The maximum Gasteiger partial charge on any atom is 0.329 e. The number of nitrogens with two attached hydrogens (primary N) is 1. The lowest BCUT2D eigenvalue weighted by molar-refractivity contribution is -0.151. The van der Waals surface area contributed by atoms with Gasteiger partial charge in [-0.3, -0.25) is 14.2 Å². The first-order valence-electron chi connectivity index (χ1n) is 7.28. The predicted molar refractivity (Wildman–Crippen MR) is 87.7 cm³/mol. The third kappa shape index (κ3) is 3.12. The van der Waals surface area contributed by atoms with Crippen molar-refractivity contribution in [1.29, 1.82) is 0 Å². The van der Waals surface area contributed by atoms with Gasteiger partial charge in [-0.15, -0.1) is 11.3 Å². The molecule has 0 radical (unpaired) electrons. The molecule has 2 heterocycles. The van der Waals surface area contributed by atoms with Crippen LogP contribution in [-0.4, -0.2) is 27.5 Å². The highest BCUT2D eigenvalue weighted by atomic mass is 32.1. The molecule has 0 fully saturated rings. The highest BCUT2D eigenvalue weighted by Crippen LogP contribution is 2.27. The van der Waals surface area contributed by atoms with Crippen molar-refractivity contribution in [2.45, 2.75) is 46.3 Å². The Bertz CT molecular complexity index is 822. The summed E-state index contributed by atoms with van der Waals surface area (Å²) in [6, 6.07) is -0.752. The lowest BCUT2D eigenvalue weighted by Crippen LogP contribution is -2.32. The summed E-state index contributed by atoms with van der Waals surface area (Å²) in [5, 5.41) is 0.321. The number of ether oxygens (including phenoxy) is 1. The number of carbonyl (C=O) groups excluding carboxylic acids is 2. The normalized spacial score (nSPS) is 12.6. The molecular weight excluding hydrogens is 318 g/mol. The van der Waals surface area contributed by atoms with Crippen LogP contribution >= 0.6 is 11.3 Å². The fourth-order valence-electron chi connectivity index (χ4n) is 2.38. The number of carbonyl (C=O) groups is 2. The topological polar surface area (TPSA) is 104 Å². The zero-order valence-corrected chi connectivity index (χ0v) is 14.3.